The summed E-state index contributed by atoms with van der Waals surface area (Å²) in [7, 11) is 1.55. The van der Waals surface area contributed by atoms with Gasteiger partial charge in [0.2, 0.25) is 0 Å². The molecule has 1 aliphatic rings. The van der Waals surface area contributed by atoms with Crippen LogP contribution in [0.4, 0.5) is 9.18 Å². The monoisotopic (exact) mass is 468 g/mol. The number of methoxy groups -OCH3 is 1. The van der Waals surface area contributed by atoms with Crippen LogP contribution in [0.15, 0.2) is 47.6 Å². The molecule has 1 heterocycles. The van der Waals surface area contributed by atoms with Gasteiger partial charge in [0.05, 0.1) is 18.4 Å². The molecule has 0 aliphatic carbocycles. The molecule has 0 unspecified atom stereocenters. The highest BCUT2D eigenvalue weighted by molar-refractivity contribution is 6.03. The molecule has 0 spiro atoms. The number of amides is 3. The summed E-state index contributed by atoms with van der Waals surface area (Å²) in [5.74, 6) is -0.658. The third-order valence-corrected chi connectivity index (χ3v) is 5.85. The van der Waals surface area contributed by atoms with E-state index in [1.165, 1.54) is 27.6 Å². The molecule has 7 nitrogen and oxygen atoms in total. The Morgan fingerprint density at radius 3 is 2.50 bits per heavy atom. The molecule has 1 N–H and O–H groups in total. The van der Waals surface area contributed by atoms with Crippen LogP contribution < -0.4 is 5.32 Å². The smallest absolute Gasteiger partial charge is 0.318 e. The lowest BCUT2D eigenvalue weighted by Gasteiger charge is -2.27. The molecule has 2 aromatic carbocycles. The quantitative estimate of drug-likeness (QED) is 0.631. The van der Waals surface area contributed by atoms with Crippen LogP contribution in [0.25, 0.3) is 0 Å². The van der Waals surface area contributed by atoms with Gasteiger partial charge in [0.1, 0.15) is 12.4 Å². The van der Waals surface area contributed by atoms with E-state index >= 15 is 0 Å². The summed E-state index contributed by atoms with van der Waals surface area (Å²) in [5, 5.41) is 8.94. The molecule has 0 radical (unpaired) electrons. The van der Waals surface area contributed by atoms with Gasteiger partial charge in [-0.3, -0.25) is 4.79 Å². The highest BCUT2D eigenvalue weighted by Crippen LogP contribution is 2.33. The van der Waals surface area contributed by atoms with E-state index in [9.17, 15) is 14.0 Å². The van der Waals surface area contributed by atoms with Crippen molar-refractivity contribution in [3.05, 3.63) is 70.5 Å². The minimum atomic E-state index is -0.387. The van der Waals surface area contributed by atoms with Crippen molar-refractivity contribution >= 4 is 17.6 Å². The zero-order chi connectivity index (χ0) is 24.8. The van der Waals surface area contributed by atoms with Crippen molar-refractivity contribution in [1.29, 1.82) is 0 Å². The molecular formula is C26H33FN4O3. The Bertz CT molecular complexity index is 1050. The topological polar surface area (TPSA) is 74.2 Å². The van der Waals surface area contributed by atoms with Crippen LogP contribution >= 0.6 is 0 Å². The van der Waals surface area contributed by atoms with Gasteiger partial charge in [-0.05, 0) is 68.1 Å². The van der Waals surface area contributed by atoms with Gasteiger partial charge in [0, 0.05) is 26.1 Å². The van der Waals surface area contributed by atoms with E-state index in [1.54, 1.807) is 19.2 Å². The average Bonchev–Trinajstić information content (AvgIpc) is 3.24. The predicted molar refractivity (Wildman–Crippen MR) is 130 cm³/mol. The van der Waals surface area contributed by atoms with Gasteiger partial charge in [-0.25, -0.2) is 14.2 Å². The maximum absolute atomic E-state index is 13.6. The molecular weight excluding hydrogens is 435 g/mol. The molecule has 0 fully saturated rings. The van der Waals surface area contributed by atoms with Gasteiger partial charge < -0.3 is 15.0 Å². The minimum absolute atomic E-state index is 0.0687. The van der Waals surface area contributed by atoms with Crippen LogP contribution in [0.3, 0.4) is 0 Å². The van der Waals surface area contributed by atoms with Crippen molar-refractivity contribution in [2.45, 2.75) is 46.2 Å². The van der Waals surface area contributed by atoms with E-state index in [4.69, 9.17) is 4.74 Å². The Morgan fingerprint density at radius 1 is 1.18 bits per heavy atom. The first-order chi connectivity index (χ1) is 16.2. The zero-order valence-electron chi connectivity index (χ0n) is 20.5. The number of aryl methyl sites for hydroxylation is 2. The molecule has 8 heteroatoms. The van der Waals surface area contributed by atoms with Gasteiger partial charge >= 0.3 is 6.03 Å². The molecule has 3 amide bonds. The lowest BCUT2D eigenvalue weighted by Crippen LogP contribution is -2.48. The fraction of sp³-hybridized carbons (Fsp3) is 0.423. The molecule has 1 aliphatic heterocycles. The number of ether oxygens (including phenoxy) is 1. The Balaban J connectivity index is 1.90. The molecule has 0 bridgehead atoms. The number of hydrogen-bond acceptors (Lipinski definition) is 4. The van der Waals surface area contributed by atoms with E-state index in [1.807, 2.05) is 39.8 Å². The number of carbonyl (C=O) groups excluding carboxylic acids is 2. The summed E-state index contributed by atoms with van der Waals surface area (Å²) in [4.78, 5) is 27.5. The van der Waals surface area contributed by atoms with Crippen LogP contribution in [0.2, 0.25) is 0 Å². The molecule has 0 saturated carbocycles. The van der Waals surface area contributed by atoms with Crippen LogP contribution in [-0.4, -0.2) is 60.4 Å². The molecule has 2 aromatic rings. The largest absolute Gasteiger partial charge is 0.383 e. The van der Waals surface area contributed by atoms with Crippen molar-refractivity contribution in [2.75, 3.05) is 26.8 Å². The standard InChI is InChI=1S/C26H33FN4O3/c1-17(2)28-26(33)30(12-13-34-5)16-25(32)31-24(20-8-10-22(27)11-9-20)15-23(29-31)21-7-6-18(3)19(4)14-21/h6-11,14,17,24H,12-13,15-16H2,1-5H3,(H,28,33)/t24-/m1/s1. The van der Waals surface area contributed by atoms with Gasteiger partial charge in [0.15, 0.2) is 0 Å². The third kappa shape index (κ3) is 6.20. The summed E-state index contributed by atoms with van der Waals surface area (Å²) in [5.41, 5.74) is 4.82. The second-order valence-corrected chi connectivity index (χ2v) is 8.87. The molecule has 34 heavy (non-hydrogen) atoms. The summed E-state index contributed by atoms with van der Waals surface area (Å²) < 4.78 is 18.7. The fourth-order valence-corrected chi connectivity index (χ4v) is 3.81. The summed E-state index contributed by atoms with van der Waals surface area (Å²) in [6.07, 6.45) is 0.496. The Hall–Kier alpha value is -3.26. The number of halogens is 1. The Kier molecular flexibility index (Phi) is 8.39. The number of hydrogen-bond donors (Lipinski definition) is 1. The van der Waals surface area contributed by atoms with Crippen LogP contribution in [0, 0.1) is 19.7 Å². The zero-order valence-corrected chi connectivity index (χ0v) is 20.5. The highest BCUT2D eigenvalue weighted by Gasteiger charge is 2.34. The number of rotatable bonds is 8. The number of benzene rings is 2. The SMILES string of the molecule is COCCN(CC(=O)N1N=C(c2ccc(C)c(C)c2)C[C@@H]1c1ccc(F)cc1)C(=O)NC(C)C. The van der Waals surface area contributed by atoms with Crippen molar-refractivity contribution in [2.24, 2.45) is 5.10 Å². The second kappa shape index (κ2) is 11.2. The van der Waals surface area contributed by atoms with E-state index in [2.05, 4.69) is 16.5 Å². The third-order valence-electron chi connectivity index (χ3n) is 5.85. The van der Waals surface area contributed by atoms with Gasteiger partial charge in [-0.2, -0.15) is 5.10 Å². The summed E-state index contributed by atoms with van der Waals surface area (Å²) in [6.45, 7) is 8.22. The van der Waals surface area contributed by atoms with Crippen LogP contribution in [-0.2, 0) is 9.53 Å². The summed E-state index contributed by atoms with van der Waals surface area (Å²) >= 11 is 0. The first-order valence-corrected chi connectivity index (χ1v) is 11.5. The van der Waals surface area contributed by atoms with Gasteiger partial charge in [-0.1, -0.05) is 24.3 Å². The number of urea groups is 1. The number of carbonyl (C=O) groups is 2. The number of nitrogens with one attached hydrogen (secondary N) is 1. The molecule has 0 saturated heterocycles. The van der Waals surface area contributed by atoms with Crippen molar-refractivity contribution < 1.29 is 18.7 Å². The lowest BCUT2D eigenvalue weighted by atomic mass is 9.96. The fourth-order valence-electron chi connectivity index (χ4n) is 3.81. The summed E-state index contributed by atoms with van der Waals surface area (Å²) in [6, 6.07) is 11.4. The van der Waals surface area contributed by atoms with Gasteiger partial charge in [-0.15, -0.1) is 0 Å². The first-order valence-electron chi connectivity index (χ1n) is 11.5. The van der Waals surface area contributed by atoms with E-state index in [0.29, 0.717) is 13.0 Å². The number of hydrazone groups is 1. The molecule has 3 rings (SSSR count). The van der Waals surface area contributed by atoms with E-state index in [-0.39, 0.29) is 42.9 Å². The average molecular weight is 469 g/mol. The van der Waals surface area contributed by atoms with Crippen molar-refractivity contribution in [1.82, 2.24) is 15.2 Å². The van der Waals surface area contributed by atoms with E-state index in [0.717, 1.165) is 22.4 Å². The van der Waals surface area contributed by atoms with Gasteiger partial charge in [0.25, 0.3) is 5.91 Å². The second-order valence-electron chi connectivity index (χ2n) is 8.87. The maximum Gasteiger partial charge on any atom is 0.318 e. The number of nitrogens with zero attached hydrogens (tertiary/aromatic N) is 3. The Morgan fingerprint density at radius 2 is 1.88 bits per heavy atom. The van der Waals surface area contributed by atoms with Crippen molar-refractivity contribution in [3.8, 4) is 0 Å². The normalized spacial score (nSPS) is 15.4. The van der Waals surface area contributed by atoms with Crippen LogP contribution in [0.5, 0.6) is 0 Å². The predicted octanol–water partition coefficient (Wildman–Crippen LogP) is 4.19. The Labute approximate surface area is 200 Å². The van der Waals surface area contributed by atoms with Crippen LogP contribution in [0.1, 0.15) is 48.6 Å². The lowest BCUT2D eigenvalue weighted by molar-refractivity contribution is -0.133. The van der Waals surface area contributed by atoms with Crippen molar-refractivity contribution in [3.63, 3.8) is 0 Å². The maximum atomic E-state index is 13.6. The minimum Gasteiger partial charge on any atom is -0.383 e. The highest BCUT2D eigenvalue weighted by atomic mass is 19.1. The first kappa shape index (κ1) is 25.4. The molecule has 182 valence electrons. The van der Waals surface area contributed by atoms with E-state index < -0.39 is 0 Å². The molecule has 1 atom stereocenters. The molecule has 0 aromatic heterocycles.